The highest BCUT2D eigenvalue weighted by molar-refractivity contribution is 4.92. The molecule has 0 aromatic heterocycles. The summed E-state index contributed by atoms with van der Waals surface area (Å²) in [6, 6.07) is 2.19. The van der Waals surface area contributed by atoms with Crippen LogP contribution in [0.25, 0.3) is 0 Å². The summed E-state index contributed by atoms with van der Waals surface area (Å²) in [7, 11) is 0. The molecule has 2 heteroatoms. The molecule has 1 rings (SSSR count). The normalized spacial score (nSPS) is 20.7. The van der Waals surface area contributed by atoms with Crippen LogP contribution in [0, 0.1) is 16.7 Å². The number of nitrogens with zero attached hydrogens (tertiary/aromatic N) is 2. The molecule has 0 aliphatic carbocycles. The minimum Gasteiger partial charge on any atom is -0.302 e. The summed E-state index contributed by atoms with van der Waals surface area (Å²) in [6.07, 6.45) is 4.36. The lowest BCUT2D eigenvalue weighted by Gasteiger charge is -2.50. The third-order valence-corrected chi connectivity index (χ3v) is 3.38. The molecule has 0 saturated carbocycles. The molecule has 0 amide bonds. The summed E-state index contributed by atoms with van der Waals surface area (Å²) < 4.78 is 0. The van der Waals surface area contributed by atoms with Crippen molar-refractivity contribution in [2.24, 2.45) is 5.41 Å². The minimum atomic E-state index is 0.618. The van der Waals surface area contributed by atoms with E-state index in [-0.39, 0.29) is 0 Å². The zero-order chi connectivity index (χ0) is 9.73. The van der Waals surface area contributed by atoms with Crippen molar-refractivity contribution >= 4 is 0 Å². The summed E-state index contributed by atoms with van der Waals surface area (Å²) in [5.41, 5.74) is 0.618. The number of hydrogen-bond acceptors (Lipinski definition) is 2. The molecule has 0 spiro atoms. The Balaban J connectivity index is 2.14. The lowest BCUT2D eigenvalue weighted by atomic mass is 9.75. The standard InChI is InChI=1S/C11H20N2/c1-3-11(4-2)9-13(10-11)8-6-5-7-12/h3-6,8-10H2,1-2H3. The Labute approximate surface area is 81.5 Å². The van der Waals surface area contributed by atoms with E-state index in [2.05, 4.69) is 24.8 Å². The number of unbranched alkanes of at least 4 members (excludes halogenated alkanes) is 1. The van der Waals surface area contributed by atoms with Gasteiger partial charge in [0.25, 0.3) is 0 Å². The van der Waals surface area contributed by atoms with E-state index in [0.717, 1.165) is 13.0 Å². The highest BCUT2D eigenvalue weighted by Gasteiger charge is 2.38. The van der Waals surface area contributed by atoms with Gasteiger partial charge in [-0.05, 0) is 31.2 Å². The van der Waals surface area contributed by atoms with Crippen molar-refractivity contribution in [2.75, 3.05) is 19.6 Å². The first kappa shape index (κ1) is 10.5. The first-order chi connectivity index (χ1) is 6.26. The van der Waals surface area contributed by atoms with Gasteiger partial charge < -0.3 is 4.90 Å². The van der Waals surface area contributed by atoms with Crippen molar-refractivity contribution in [1.82, 2.24) is 4.90 Å². The fourth-order valence-electron chi connectivity index (χ4n) is 2.14. The van der Waals surface area contributed by atoms with Gasteiger partial charge in [-0.15, -0.1) is 0 Å². The Kier molecular flexibility index (Phi) is 3.74. The zero-order valence-electron chi connectivity index (χ0n) is 8.84. The molecule has 1 fully saturated rings. The van der Waals surface area contributed by atoms with Gasteiger partial charge in [0, 0.05) is 19.5 Å². The van der Waals surface area contributed by atoms with Gasteiger partial charge in [-0.2, -0.15) is 5.26 Å². The molecule has 0 aromatic carbocycles. The summed E-state index contributed by atoms with van der Waals surface area (Å²) in [4.78, 5) is 2.48. The Morgan fingerprint density at radius 3 is 2.38 bits per heavy atom. The maximum atomic E-state index is 8.40. The van der Waals surface area contributed by atoms with E-state index in [0.29, 0.717) is 11.8 Å². The van der Waals surface area contributed by atoms with Gasteiger partial charge in [-0.1, -0.05) is 13.8 Å². The zero-order valence-corrected chi connectivity index (χ0v) is 8.84. The van der Waals surface area contributed by atoms with E-state index >= 15 is 0 Å². The number of rotatable bonds is 5. The molecule has 1 aliphatic rings. The molecule has 1 aliphatic heterocycles. The SMILES string of the molecule is CCC1(CC)CN(CCCC#N)C1. The van der Waals surface area contributed by atoms with E-state index in [1.54, 1.807) is 0 Å². The van der Waals surface area contributed by atoms with Gasteiger partial charge in [-0.25, -0.2) is 0 Å². The largest absolute Gasteiger partial charge is 0.302 e. The summed E-state index contributed by atoms with van der Waals surface area (Å²) in [6.45, 7) is 8.21. The molecular weight excluding hydrogens is 160 g/mol. The van der Waals surface area contributed by atoms with Crippen molar-refractivity contribution in [3.63, 3.8) is 0 Å². The van der Waals surface area contributed by atoms with E-state index in [9.17, 15) is 0 Å². The highest BCUT2D eigenvalue weighted by atomic mass is 15.2. The van der Waals surface area contributed by atoms with Gasteiger partial charge in [0.2, 0.25) is 0 Å². The van der Waals surface area contributed by atoms with Gasteiger partial charge >= 0.3 is 0 Å². The molecule has 0 radical (unpaired) electrons. The lowest BCUT2D eigenvalue weighted by Crippen LogP contribution is -2.55. The molecule has 13 heavy (non-hydrogen) atoms. The van der Waals surface area contributed by atoms with Crippen LogP contribution < -0.4 is 0 Å². The fourth-order valence-corrected chi connectivity index (χ4v) is 2.14. The van der Waals surface area contributed by atoms with Gasteiger partial charge in [-0.3, -0.25) is 0 Å². The molecule has 0 aromatic rings. The maximum absolute atomic E-state index is 8.40. The maximum Gasteiger partial charge on any atom is 0.0622 e. The fraction of sp³-hybridized carbons (Fsp3) is 0.909. The van der Waals surface area contributed by atoms with Crippen molar-refractivity contribution in [3.05, 3.63) is 0 Å². The van der Waals surface area contributed by atoms with E-state index < -0.39 is 0 Å². The van der Waals surface area contributed by atoms with Crippen LogP contribution in [-0.4, -0.2) is 24.5 Å². The first-order valence-electron chi connectivity index (χ1n) is 5.35. The average Bonchev–Trinajstić information content (AvgIpc) is 2.10. The smallest absolute Gasteiger partial charge is 0.0622 e. The van der Waals surface area contributed by atoms with Gasteiger partial charge in [0.05, 0.1) is 6.07 Å². The topological polar surface area (TPSA) is 27.0 Å². The number of likely N-dealkylation sites (tertiary alicyclic amines) is 1. The second-order valence-corrected chi connectivity index (χ2v) is 4.18. The van der Waals surface area contributed by atoms with E-state index in [1.807, 2.05) is 0 Å². The van der Waals surface area contributed by atoms with Gasteiger partial charge in [0.15, 0.2) is 0 Å². The van der Waals surface area contributed by atoms with Crippen LogP contribution in [-0.2, 0) is 0 Å². The molecular formula is C11H20N2. The monoisotopic (exact) mass is 180 g/mol. The molecule has 1 heterocycles. The highest BCUT2D eigenvalue weighted by Crippen LogP contribution is 2.36. The van der Waals surface area contributed by atoms with E-state index in [4.69, 9.17) is 5.26 Å². The number of nitriles is 1. The molecule has 74 valence electrons. The third kappa shape index (κ3) is 2.45. The van der Waals surface area contributed by atoms with Crippen LogP contribution in [0.1, 0.15) is 39.5 Å². The van der Waals surface area contributed by atoms with Crippen molar-refractivity contribution in [3.8, 4) is 6.07 Å². The molecule has 1 saturated heterocycles. The first-order valence-corrected chi connectivity index (χ1v) is 5.35. The summed E-state index contributed by atoms with van der Waals surface area (Å²) in [5.74, 6) is 0. The lowest BCUT2D eigenvalue weighted by molar-refractivity contribution is -0.00605. The summed E-state index contributed by atoms with van der Waals surface area (Å²) >= 11 is 0. The second-order valence-electron chi connectivity index (χ2n) is 4.18. The molecule has 2 nitrogen and oxygen atoms in total. The van der Waals surface area contributed by atoms with Crippen LogP contribution in [0.3, 0.4) is 0 Å². The Morgan fingerprint density at radius 1 is 1.31 bits per heavy atom. The number of hydrogen-bond donors (Lipinski definition) is 0. The van der Waals surface area contributed by atoms with Gasteiger partial charge in [0.1, 0.15) is 0 Å². The van der Waals surface area contributed by atoms with Crippen molar-refractivity contribution < 1.29 is 0 Å². The third-order valence-electron chi connectivity index (χ3n) is 3.38. The van der Waals surface area contributed by atoms with E-state index in [1.165, 1.54) is 25.9 Å². The van der Waals surface area contributed by atoms with Crippen molar-refractivity contribution in [2.45, 2.75) is 39.5 Å². The molecule has 0 unspecified atom stereocenters. The Hall–Kier alpha value is -0.550. The van der Waals surface area contributed by atoms with Crippen LogP contribution in [0.15, 0.2) is 0 Å². The van der Waals surface area contributed by atoms with Crippen molar-refractivity contribution in [1.29, 1.82) is 5.26 Å². The molecule has 0 bridgehead atoms. The predicted octanol–water partition coefficient (Wildman–Crippen LogP) is 2.41. The quantitative estimate of drug-likeness (QED) is 0.607. The predicted molar refractivity (Wildman–Crippen MR) is 54.3 cm³/mol. The summed E-state index contributed by atoms with van der Waals surface area (Å²) in [5, 5.41) is 8.40. The minimum absolute atomic E-state index is 0.618. The molecule has 0 atom stereocenters. The van der Waals surface area contributed by atoms with Crippen LogP contribution >= 0.6 is 0 Å². The Bertz CT molecular complexity index is 181. The Morgan fingerprint density at radius 2 is 1.92 bits per heavy atom. The van der Waals surface area contributed by atoms with Crippen LogP contribution in [0.5, 0.6) is 0 Å². The molecule has 0 N–H and O–H groups in total. The average molecular weight is 180 g/mol. The second kappa shape index (κ2) is 4.62. The van der Waals surface area contributed by atoms with Crippen LogP contribution in [0.2, 0.25) is 0 Å². The van der Waals surface area contributed by atoms with Crippen LogP contribution in [0.4, 0.5) is 0 Å².